The molecule has 112 valence electrons. The van der Waals surface area contributed by atoms with Crippen LogP contribution in [-0.4, -0.2) is 35.8 Å². The van der Waals surface area contributed by atoms with Crippen LogP contribution < -0.4 is 10.6 Å². The molecule has 1 rings (SSSR count). The van der Waals surface area contributed by atoms with Gasteiger partial charge in [-0.15, -0.1) is 0 Å². The quantitative estimate of drug-likeness (QED) is 0.315. The van der Waals surface area contributed by atoms with Gasteiger partial charge in [0.2, 0.25) is 0 Å². The smallest absolute Gasteiger partial charge is 0.263 e. The zero-order chi connectivity index (χ0) is 15.5. The summed E-state index contributed by atoms with van der Waals surface area (Å²) in [6.45, 7) is 0.962. The Morgan fingerprint density at radius 1 is 1.29 bits per heavy atom. The molecule has 0 aliphatic carbocycles. The third-order valence-corrected chi connectivity index (χ3v) is 2.73. The third kappa shape index (κ3) is 6.45. The Bertz CT molecular complexity index is 518. The van der Waals surface area contributed by atoms with Gasteiger partial charge in [0, 0.05) is 25.9 Å². The van der Waals surface area contributed by atoms with E-state index in [0.717, 1.165) is 5.56 Å². The number of hydrogen-bond donors (Lipinski definition) is 4. The molecule has 6 nitrogen and oxygen atoms in total. The van der Waals surface area contributed by atoms with Gasteiger partial charge in [-0.25, -0.2) is 0 Å². The highest BCUT2D eigenvalue weighted by Gasteiger charge is 2.07. The van der Waals surface area contributed by atoms with Crippen molar-refractivity contribution >= 4 is 5.91 Å². The van der Waals surface area contributed by atoms with Crippen molar-refractivity contribution in [2.24, 2.45) is 0 Å². The molecule has 1 amide bonds. The molecule has 1 aromatic carbocycles. The molecule has 0 spiro atoms. The predicted octanol–water partition coefficient (Wildman–Crippen LogP) is 0.430. The van der Waals surface area contributed by atoms with Crippen LogP contribution in [0.5, 0.6) is 5.75 Å². The number of phenolic OH excluding ortho intramolecular Hbond substituents is 1. The van der Waals surface area contributed by atoms with E-state index in [1.807, 2.05) is 6.07 Å². The molecule has 0 radical (unpaired) electrons. The highest BCUT2D eigenvalue weighted by molar-refractivity contribution is 5.97. The van der Waals surface area contributed by atoms with E-state index in [0.29, 0.717) is 25.9 Å². The Labute approximate surface area is 123 Å². The normalized spacial score (nSPS) is 10.8. The summed E-state index contributed by atoms with van der Waals surface area (Å²) >= 11 is 0. The third-order valence-electron chi connectivity index (χ3n) is 2.73. The maximum absolute atomic E-state index is 11.8. The minimum absolute atomic E-state index is 0.00125. The molecular weight excluding hydrogens is 270 g/mol. The molecule has 21 heavy (non-hydrogen) atoms. The zero-order valence-electron chi connectivity index (χ0n) is 11.7. The van der Waals surface area contributed by atoms with Crippen molar-refractivity contribution in [2.45, 2.75) is 12.8 Å². The average Bonchev–Trinajstić information content (AvgIpc) is 2.49. The minimum atomic E-state index is -0.437. The van der Waals surface area contributed by atoms with Crippen molar-refractivity contribution in [3.05, 3.63) is 41.6 Å². The van der Waals surface area contributed by atoms with Gasteiger partial charge in [-0.05, 0) is 30.5 Å². The van der Waals surface area contributed by atoms with Gasteiger partial charge in [-0.3, -0.25) is 4.79 Å². The van der Waals surface area contributed by atoms with Crippen LogP contribution in [0.1, 0.15) is 12.0 Å². The predicted molar refractivity (Wildman–Crippen MR) is 78.2 cm³/mol. The molecule has 0 heterocycles. The molecule has 4 N–H and O–H groups in total. The van der Waals surface area contributed by atoms with E-state index < -0.39 is 5.91 Å². The second-order valence-corrected chi connectivity index (χ2v) is 4.37. The summed E-state index contributed by atoms with van der Waals surface area (Å²) in [4.78, 5) is 11.8. The van der Waals surface area contributed by atoms with Crippen LogP contribution in [0, 0.1) is 11.3 Å². The number of amides is 1. The largest absolute Gasteiger partial charge is 0.508 e. The fraction of sp³-hybridized carbons (Fsp3) is 0.333. The highest BCUT2D eigenvalue weighted by atomic mass is 16.3. The Morgan fingerprint density at radius 3 is 2.62 bits per heavy atom. The Kier molecular flexibility index (Phi) is 7.40. The number of aromatic hydroxyl groups is 1. The van der Waals surface area contributed by atoms with Crippen molar-refractivity contribution in [3.8, 4) is 11.8 Å². The number of benzene rings is 1. The number of carbonyl (C=O) groups is 1. The average molecular weight is 289 g/mol. The first-order valence-corrected chi connectivity index (χ1v) is 6.68. The van der Waals surface area contributed by atoms with Gasteiger partial charge < -0.3 is 20.8 Å². The number of rotatable bonds is 8. The second-order valence-electron chi connectivity index (χ2n) is 4.37. The molecule has 0 aliphatic heterocycles. The van der Waals surface area contributed by atoms with E-state index >= 15 is 0 Å². The molecular formula is C15H19N3O3. The number of nitriles is 1. The lowest BCUT2D eigenvalue weighted by Gasteiger charge is -2.05. The molecule has 0 fully saturated rings. The standard InChI is InChI=1S/C15H19N3O3/c16-10-13(11-17-7-1-9-19)15(21)18-8-6-12-2-4-14(20)5-3-12/h2-5,11,17,19-20H,1,6-9H2,(H,18,21)/b13-11-. The van der Waals surface area contributed by atoms with Gasteiger partial charge in [0.1, 0.15) is 17.4 Å². The summed E-state index contributed by atoms with van der Waals surface area (Å²) in [5, 5.41) is 32.1. The molecule has 0 bridgehead atoms. The van der Waals surface area contributed by atoms with E-state index in [2.05, 4.69) is 10.6 Å². The highest BCUT2D eigenvalue weighted by Crippen LogP contribution is 2.09. The van der Waals surface area contributed by atoms with E-state index in [9.17, 15) is 4.79 Å². The summed E-state index contributed by atoms with van der Waals surface area (Å²) in [6.07, 6.45) is 2.52. The topological polar surface area (TPSA) is 105 Å². The monoisotopic (exact) mass is 289 g/mol. The SMILES string of the molecule is N#C/C(=C/NCCCO)C(=O)NCCc1ccc(O)cc1. The Hall–Kier alpha value is -2.52. The number of nitrogens with zero attached hydrogens (tertiary/aromatic N) is 1. The molecule has 6 heteroatoms. The summed E-state index contributed by atoms with van der Waals surface area (Å²) in [5.41, 5.74) is 0.982. The Morgan fingerprint density at radius 2 is 2.00 bits per heavy atom. The maximum atomic E-state index is 11.8. The van der Waals surface area contributed by atoms with E-state index in [-0.39, 0.29) is 17.9 Å². The second kappa shape index (κ2) is 9.39. The van der Waals surface area contributed by atoms with Crippen molar-refractivity contribution < 1.29 is 15.0 Å². The van der Waals surface area contributed by atoms with Crippen LogP contribution in [0.25, 0.3) is 0 Å². The van der Waals surface area contributed by atoms with Gasteiger partial charge in [0.05, 0.1) is 0 Å². The van der Waals surface area contributed by atoms with Crippen molar-refractivity contribution in [2.75, 3.05) is 19.7 Å². The first-order chi connectivity index (χ1) is 10.2. The summed E-state index contributed by atoms with van der Waals surface area (Å²) in [6, 6.07) is 8.55. The number of nitrogens with one attached hydrogen (secondary N) is 2. The van der Waals surface area contributed by atoms with Crippen molar-refractivity contribution in [1.29, 1.82) is 5.26 Å². The molecule has 0 saturated heterocycles. The minimum Gasteiger partial charge on any atom is -0.508 e. The fourth-order valence-electron chi connectivity index (χ4n) is 1.58. The first kappa shape index (κ1) is 16.5. The van der Waals surface area contributed by atoms with Crippen LogP contribution in [-0.2, 0) is 11.2 Å². The van der Waals surface area contributed by atoms with Crippen LogP contribution >= 0.6 is 0 Å². The summed E-state index contributed by atoms with van der Waals surface area (Å²) in [7, 11) is 0. The number of aliphatic hydroxyl groups is 1. The van der Waals surface area contributed by atoms with Crippen LogP contribution in [0.15, 0.2) is 36.0 Å². The Balaban J connectivity index is 2.37. The molecule has 1 aromatic rings. The van der Waals surface area contributed by atoms with E-state index in [1.165, 1.54) is 6.20 Å². The summed E-state index contributed by atoms with van der Waals surface area (Å²) in [5.74, 6) is -0.237. The van der Waals surface area contributed by atoms with Crippen LogP contribution in [0.4, 0.5) is 0 Å². The molecule has 0 saturated carbocycles. The van der Waals surface area contributed by atoms with Crippen LogP contribution in [0.3, 0.4) is 0 Å². The van der Waals surface area contributed by atoms with Crippen molar-refractivity contribution in [3.63, 3.8) is 0 Å². The molecule has 0 aliphatic rings. The number of aliphatic hydroxyl groups excluding tert-OH is 1. The maximum Gasteiger partial charge on any atom is 0.263 e. The van der Waals surface area contributed by atoms with Gasteiger partial charge in [0.25, 0.3) is 5.91 Å². The number of phenols is 1. The van der Waals surface area contributed by atoms with Gasteiger partial charge >= 0.3 is 0 Å². The van der Waals surface area contributed by atoms with Crippen LogP contribution in [0.2, 0.25) is 0 Å². The molecule has 0 aromatic heterocycles. The number of carbonyl (C=O) groups excluding carboxylic acids is 1. The van der Waals surface area contributed by atoms with Crippen molar-refractivity contribution in [1.82, 2.24) is 10.6 Å². The number of hydrogen-bond acceptors (Lipinski definition) is 5. The van der Waals surface area contributed by atoms with E-state index in [1.54, 1.807) is 24.3 Å². The van der Waals surface area contributed by atoms with Gasteiger partial charge in [-0.1, -0.05) is 12.1 Å². The fourth-order valence-corrected chi connectivity index (χ4v) is 1.58. The first-order valence-electron chi connectivity index (χ1n) is 6.68. The molecule has 0 unspecified atom stereocenters. The van der Waals surface area contributed by atoms with Gasteiger partial charge in [0.15, 0.2) is 0 Å². The summed E-state index contributed by atoms with van der Waals surface area (Å²) < 4.78 is 0. The zero-order valence-corrected chi connectivity index (χ0v) is 11.7. The van der Waals surface area contributed by atoms with E-state index in [4.69, 9.17) is 15.5 Å². The lowest BCUT2D eigenvalue weighted by Crippen LogP contribution is -2.27. The lowest BCUT2D eigenvalue weighted by molar-refractivity contribution is -0.117. The lowest BCUT2D eigenvalue weighted by atomic mass is 10.1. The van der Waals surface area contributed by atoms with Gasteiger partial charge in [-0.2, -0.15) is 5.26 Å². The molecule has 0 atom stereocenters.